The van der Waals surface area contributed by atoms with E-state index in [1.807, 2.05) is 6.07 Å². The fraction of sp³-hybridized carbons (Fsp3) is 0.0714. The monoisotopic (exact) mass is 269 g/mol. The molecule has 0 aliphatic carbocycles. The van der Waals surface area contributed by atoms with Gasteiger partial charge in [0.05, 0.1) is 16.6 Å². The quantitative estimate of drug-likeness (QED) is 0.522. The zero-order valence-corrected chi connectivity index (χ0v) is 10.4. The van der Waals surface area contributed by atoms with Crippen LogP contribution in [0.4, 0.5) is 11.4 Å². The molecule has 6 heteroatoms. The summed E-state index contributed by atoms with van der Waals surface area (Å²) in [6.07, 6.45) is 0. The molecule has 0 fully saturated rings. The Kier molecular flexibility index (Phi) is 3.82. The van der Waals surface area contributed by atoms with Gasteiger partial charge in [-0.2, -0.15) is 5.26 Å². The third-order valence-electron chi connectivity index (χ3n) is 2.75. The van der Waals surface area contributed by atoms with Gasteiger partial charge < -0.3 is 10.5 Å². The molecule has 2 rings (SSSR count). The van der Waals surface area contributed by atoms with Crippen molar-refractivity contribution in [2.45, 2.75) is 6.61 Å². The van der Waals surface area contributed by atoms with Crippen LogP contribution in [0.25, 0.3) is 0 Å². The van der Waals surface area contributed by atoms with Gasteiger partial charge in [0.25, 0.3) is 5.69 Å². The van der Waals surface area contributed by atoms with Crippen molar-refractivity contribution in [3.8, 4) is 11.8 Å². The number of nitrogens with zero attached hydrogens (tertiary/aromatic N) is 2. The highest BCUT2D eigenvalue weighted by molar-refractivity contribution is 5.62. The maximum atomic E-state index is 10.8. The molecule has 0 spiro atoms. The van der Waals surface area contributed by atoms with E-state index in [2.05, 4.69) is 0 Å². The van der Waals surface area contributed by atoms with Crippen LogP contribution in [0, 0.1) is 21.4 Å². The zero-order chi connectivity index (χ0) is 14.5. The van der Waals surface area contributed by atoms with Crippen LogP contribution in [0.15, 0.2) is 42.5 Å². The van der Waals surface area contributed by atoms with E-state index < -0.39 is 4.92 Å². The Morgan fingerprint density at radius 2 is 1.95 bits per heavy atom. The van der Waals surface area contributed by atoms with E-state index in [4.69, 9.17) is 15.7 Å². The predicted molar refractivity (Wildman–Crippen MR) is 73.0 cm³/mol. The lowest BCUT2D eigenvalue weighted by Crippen LogP contribution is -2.03. The van der Waals surface area contributed by atoms with Crippen molar-refractivity contribution >= 4 is 11.4 Å². The van der Waals surface area contributed by atoms with Gasteiger partial charge in [-0.25, -0.2) is 0 Å². The number of rotatable bonds is 4. The van der Waals surface area contributed by atoms with E-state index in [0.29, 0.717) is 16.9 Å². The normalized spacial score (nSPS) is 9.75. The van der Waals surface area contributed by atoms with Crippen molar-refractivity contribution in [3.05, 3.63) is 63.7 Å². The van der Waals surface area contributed by atoms with Crippen LogP contribution in [-0.2, 0) is 6.61 Å². The van der Waals surface area contributed by atoms with Gasteiger partial charge in [0.1, 0.15) is 18.0 Å². The smallest absolute Gasteiger partial charge is 0.292 e. The van der Waals surface area contributed by atoms with Gasteiger partial charge in [0, 0.05) is 11.6 Å². The molecule has 2 aromatic carbocycles. The van der Waals surface area contributed by atoms with Gasteiger partial charge in [-0.15, -0.1) is 0 Å². The van der Waals surface area contributed by atoms with Crippen LogP contribution < -0.4 is 10.5 Å². The van der Waals surface area contributed by atoms with Gasteiger partial charge in [-0.05, 0) is 24.3 Å². The highest BCUT2D eigenvalue weighted by Crippen LogP contribution is 2.25. The van der Waals surface area contributed by atoms with Crippen molar-refractivity contribution in [3.63, 3.8) is 0 Å². The fourth-order valence-corrected chi connectivity index (χ4v) is 1.67. The summed E-state index contributed by atoms with van der Waals surface area (Å²) in [6, 6.07) is 13.2. The second kappa shape index (κ2) is 5.71. The molecule has 0 saturated carbocycles. The molecule has 6 nitrogen and oxygen atoms in total. The second-order valence-corrected chi connectivity index (χ2v) is 4.03. The van der Waals surface area contributed by atoms with Gasteiger partial charge in [-0.3, -0.25) is 10.1 Å². The second-order valence-electron chi connectivity index (χ2n) is 4.03. The van der Waals surface area contributed by atoms with Crippen LogP contribution in [0.5, 0.6) is 5.75 Å². The molecule has 0 aliphatic heterocycles. The first-order valence-corrected chi connectivity index (χ1v) is 5.76. The largest absolute Gasteiger partial charge is 0.489 e. The minimum atomic E-state index is -0.527. The summed E-state index contributed by atoms with van der Waals surface area (Å²) >= 11 is 0. The topological polar surface area (TPSA) is 102 Å². The van der Waals surface area contributed by atoms with Gasteiger partial charge in [-0.1, -0.05) is 12.1 Å². The molecular formula is C14H11N3O3. The number of para-hydroxylation sites is 1. The number of nitrogen functional groups attached to an aromatic ring is 1. The number of hydrogen-bond acceptors (Lipinski definition) is 5. The number of nitro benzene ring substituents is 1. The van der Waals surface area contributed by atoms with E-state index in [9.17, 15) is 10.1 Å². The third kappa shape index (κ3) is 2.84. The lowest BCUT2D eigenvalue weighted by molar-refractivity contribution is -0.384. The Morgan fingerprint density at radius 1 is 1.25 bits per heavy atom. The number of ether oxygens (including phenoxy) is 1. The Balaban J connectivity index is 2.13. The SMILES string of the molecule is N#Cc1ccc(OCc2cccc([N+](=O)[O-])c2N)cc1. The minimum absolute atomic E-state index is 0.103. The molecule has 0 amide bonds. The van der Waals surface area contributed by atoms with Crippen molar-refractivity contribution in [2.24, 2.45) is 0 Å². The number of anilines is 1. The summed E-state index contributed by atoms with van der Waals surface area (Å²) in [5.74, 6) is 0.565. The number of nitrogens with two attached hydrogens (primary N) is 1. The lowest BCUT2D eigenvalue weighted by Gasteiger charge is -2.08. The lowest BCUT2D eigenvalue weighted by atomic mass is 10.1. The molecule has 0 saturated heterocycles. The Morgan fingerprint density at radius 3 is 2.55 bits per heavy atom. The van der Waals surface area contributed by atoms with Gasteiger partial charge in [0.2, 0.25) is 0 Å². The molecule has 0 radical (unpaired) electrons. The average Bonchev–Trinajstić information content (AvgIpc) is 2.46. The summed E-state index contributed by atoms with van der Waals surface area (Å²) in [5.41, 5.74) is 6.78. The van der Waals surface area contributed by atoms with Crippen molar-refractivity contribution in [1.82, 2.24) is 0 Å². The molecule has 0 bridgehead atoms. The molecule has 20 heavy (non-hydrogen) atoms. The number of benzene rings is 2. The first kappa shape index (κ1) is 13.4. The first-order valence-electron chi connectivity index (χ1n) is 5.76. The van der Waals surface area contributed by atoms with Crippen LogP contribution in [-0.4, -0.2) is 4.92 Å². The summed E-state index contributed by atoms with van der Waals surface area (Å²) in [7, 11) is 0. The van der Waals surface area contributed by atoms with E-state index in [-0.39, 0.29) is 18.0 Å². The van der Waals surface area contributed by atoms with Crippen LogP contribution in [0.3, 0.4) is 0 Å². The molecule has 2 aromatic rings. The molecule has 0 aromatic heterocycles. The fourth-order valence-electron chi connectivity index (χ4n) is 1.67. The molecule has 2 N–H and O–H groups in total. The summed E-state index contributed by atoms with van der Waals surface area (Å²) in [4.78, 5) is 10.2. The van der Waals surface area contributed by atoms with Crippen LogP contribution >= 0.6 is 0 Å². The molecule has 0 aliphatic rings. The zero-order valence-electron chi connectivity index (χ0n) is 10.4. The molecule has 0 unspecified atom stereocenters. The van der Waals surface area contributed by atoms with Gasteiger partial charge in [0.15, 0.2) is 0 Å². The maximum Gasteiger partial charge on any atom is 0.292 e. The van der Waals surface area contributed by atoms with Crippen molar-refractivity contribution < 1.29 is 9.66 Å². The summed E-state index contributed by atoms with van der Waals surface area (Å²) in [6.45, 7) is 0.124. The van der Waals surface area contributed by atoms with Crippen molar-refractivity contribution in [2.75, 3.05) is 5.73 Å². The number of nitriles is 1. The van der Waals surface area contributed by atoms with Gasteiger partial charge >= 0.3 is 0 Å². The Labute approximate surface area is 115 Å². The number of nitro groups is 1. The van der Waals surface area contributed by atoms with E-state index in [1.165, 1.54) is 6.07 Å². The Hall–Kier alpha value is -3.07. The average molecular weight is 269 g/mol. The summed E-state index contributed by atoms with van der Waals surface area (Å²) in [5, 5.41) is 19.5. The maximum absolute atomic E-state index is 10.8. The van der Waals surface area contributed by atoms with Crippen LogP contribution in [0.2, 0.25) is 0 Å². The predicted octanol–water partition coefficient (Wildman–Crippen LogP) is 2.63. The highest BCUT2D eigenvalue weighted by Gasteiger charge is 2.14. The molecule has 100 valence electrons. The molecular weight excluding hydrogens is 258 g/mol. The van der Waals surface area contributed by atoms with Crippen molar-refractivity contribution in [1.29, 1.82) is 5.26 Å². The van der Waals surface area contributed by atoms with Crippen LogP contribution in [0.1, 0.15) is 11.1 Å². The third-order valence-corrected chi connectivity index (χ3v) is 2.75. The van der Waals surface area contributed by atoms with E-state index in [1.54, 1.807) is 36.4 Å². The Bertz CT molecular complexity index is 675. The summed E-state index contributed by atoms with van der Waals surface area (Å²) < 4.78 is 5.50. The first-order chi connectivity index (χ1) is 9.61. The molecule has 0 heterocycles. The molecule has 0 atom stereocenters. The number of hydrogen-bond donors (Lipinski definition) is 1. The highest BCUT2D eigenvalue weighted by atomic mass is 16.6. The standard InChI is InChI=1S/C14H11N3O3/c15-8-10-4-6-12(7-5-10)20-9-11-2-1-3-13(14(11)16)17(18)19/h1-7H,9,16H2. The minimum Gasteiger partial charge on any atom is -0.489 e. The van der Waals surface area contributed by atoms with E-state index in [0.717, 1.165) is 0 Å². The van der Waals surface area contributed by atoms with E-state index >= 15 is 0 Å².